The van der Waals surface area contributed by atoms with Gasteiger partial charge in [0.25, 0.3) is 0 Å². The van der Waals surface area contributed by atoms with E-state index in [9.17, 15) is 0 Å². The molecule has 13 rings (SSSR count). The molecule has 12 aromatic carbocycles. The van der Waals surface area contributed by atoms with Gasteiger partial charge in [-0.3, -0.25) is 0 Å². The summed E-state index contributed by atoms with van der Waals surface area (Å²) < 4.78 is 0. The zero-order valence-electron chi connectivity index (χ0n) is 38.6. The van der Waals surface area contributed by atoms with Crippen molar-refractivity contribution in [1.29, 1.82) is 0 Å². The van der Waals surface area contributed by atoms with Crippen molar-refractivity contribution in [3.8, 4) is 55.6 Å². The number of hydrogen-bond donors (Lipinski definition) is 0. The van der Waals surface area contributed by atoms with E-state index < -0.39 is 5.41 Å². The maximum absolute atomic E-state index is 2.49. The Bertz CT molecular complexity index is 3830. The van der Waals surface area contributed by atoms with E-state index >= 15 is 0 Å². The summed E-state index contributed by atoms with van der Waals surface area (Å²) in [4.78, 5) is 2.49. The Morgan fingerprint density at radius 2 is 0.729 bits per heavy atom. The average molecular weight is 890 g/mol. The molecule has 0 fully saturated rings. The third-order valence-electron chi connectivity index (χ3n) is 14.6. The average Bonchev–Trinajstić information content (AvgIpc) is 3.74. The first-order valence-electron chi connectivity index (χ1n) is 24.3. The van der Waals surface area contributed by atoms with Gasteiger partial charge in [-0.15, -0.1) is 0 Å². The van der Waals surface area contributed by atoms with Crippen molar-refractivity contribution in [2.24, 2.45) is 0 Å². The molecule has 0 radical (unpaired) electrons. The molecule has 0 saturated heterocycles. The van der Waals surface area contributed by atoms with Crippen LogP contribution in [-0.4, -0.2) is 0 Å². The summed E-state index contributed by atoms with van der Waals surface area (Å²) >= 11 is 0. The Labute approximate surface area is 409 Å². The predicted molar refractivity (Wildman–Crippen MR) is 295 cm³/mol. The molecule has 0 heterocycles. The Hall–Kier alpha value is -9.04. The minimum Gasteiger partial charge on any atom is -0.310 e. The Kier molecular flexibility index (Phi) is 10.1. The van der Waals surface area contributed by atoms with E-state index in [-0.39, 0.29) is 0 Å². The summed E-state index contributed by atoms with van der Waals surface area (Å²) in [5.41, 5.74) is 19.8. The van der Waals surface area contributed by atoms with E-state index in [2.05, 4.69) is 290 Å². The van der Waals surface area contributed by atoms with Crippen LogP contribution in [0.3, 0.4) is 0 Å². The summed E-state index contributed by atoms with van der Waals surface area (Å²) in [5.74, 6) is 0. The highest BCUT2D eigenvalue weighted by atomic mass is 15.1. The maximum atomic E-state index is 2.49. The largest absolute Gasteiger partial charge is 0.310 e. The number of para-hydroxylation sites is 1. The van der Waals surface area contributed by atoms with Crippen LogP contribution in [0, 0.1) is 0 Å². The molecule has 70 heavy (non-hydrogen) atoms. The third kappa shape index (κ3) is 6.70. The fourth-order valence-electron chi connectivity index (χ4n) is 11.5. The van der Waals surface area contributed by atoms with Gasteiger partial charge in [-0.25, -0.2) is 0 Å². The zero-order valence-corrected chi connectivity index (χ0v) is 38.6. The molecule has 1 aliphatic carbocycles. The van der Waals surface area contributed by atoms with Gasteiger partial charge in [0.2, 0.25) is 0 Å². The first kappa shape index (κ1) is 41.2. The van der Waals surface area contributed by atoms with Gasteiger partial charge < -0.3 is 4.90 Å². The fourth-order valence-corrected chi connectivity index (χ4v) is 11.5. The molecule has 12 aromatic rings. The lowest BCUT2D eigenvalue weighted by molar-refractivity contribution is 0.768. The number of hydrogen-bond acceptors (Lipinski definition) is 1. The number of rotatable bonds is 9. The van der Waals surface area contributed by atoms with Crippen molar-refractivity contribution in [3.05, 3.63) is 307 Å². The van der Waals surface area contributed by atoms with E-state index in [1.807, 2.05) is 0 Å². The van der Waals surface area contributed by atoms with E-state index in [0.717, 1.165) is 22.6 Å². The van der Waals surface area contributed by atoms with Crippen molar-refractivity contribution in [3.63, 3.8) is 0 Å². The minimum atomic E-state index is -0.550. The molecule has 328 valence electrons. The smallest absolute Gasteiger partial charge is 0.0714 e. The highest BCUT2D eigenvalue weighted by molar-refractivity contribution is 6.12. The predicted octanol–water partition coefficient (Wildman–Crippen LogP) is 18.5. The molecule has 0 atom stereocenters. The maximum Gasteiger partial charge on any atom is 0.0714 e. The van der Waals surface area contributed by atoms with Crippen LogP contribution in [0.25, 0.3) is 77.2 Å². The van der Waals surface area contributed by atoms with Crippen molar-refractivity contribution in [2.45, 2.75) is 5.41 Å². The second-order valence-corrected chi connectivity index (χ2v) is 18.3. The number of anilines is 3. The molecule has 0 aliphatic heterocycles. The normalized spacial score (nSPS) is 12.4. The first-order valence-corrected chi connectivity index (χ1v) is 24.3. The summed E-state index contributed by atoms with van der Waals surface area (Å²) in [7, 11) is 0. The van der Waals surface area contributed by atoms with E-state index in [1.165, 1.54) is 93.9 Å². The van der Waals surface area contributed by atoms with Gasteiger partial charge in [-0.2, -0.15) is 0 Å². The van der Waals surface area contributed by atoms with Crippen LogP contribution in [-0.2, 0) is 5.41 Å². The lowest BCUT2D eigenvalue weighted by atomic mass is 9.67. The lowest BCUT2D eigenvalue weighted by Crippen LogP contribution is -2.28. The Morgan fingerprint density at radius 3 is 1.44 bits per heavy atom. The van der Waals surface area contributed by atoms with Gasteiger partial charge in [0, 0.05) is 16.9 Å². The van der Waals surface area contributed by atoms with Gasteiger partial charge in [-0.1, -0.05) is 255 Å². The van der Waals surface area contributed by atoms with Crippen molar-refractivity contribution in [2.75, 3.05) is 4.90 Å². The van der Waals surface area contributed by atoms with Crippen molar-refractivity contribution in [1.82, 2.24) is 0 Å². The van der Waals surface area contributed by atoms with E-state index in [1.54, 1.807) is 0 Å². The molecule has 0 spiro atoms. The number of benzene rings is 12. The van der Waals surface area contributed by atoms with Crippen LogP contribution in [0.4, 0.5) is 17.1 Å². The molecule has 0 amide bonds. The molecule has 0 N–H and O–H groups in total. The quantitative estimate of drug-likeness (QED) is 0.131. The van der Waals surface area contributed by atoms with Crippen molar-refractivity contribution >= 4 is 38.6 Å². The summed E-state index contributed by atoms with van der Waals surface area (Å²) in [6.45, 7) is 0. The molecule has 1 nitrogen and oxygen atoms in total. The number of fused-ring (bicyclic) bond motifs is 6. The summed E-state index contributed by atoms with van der Waals surface area (Å²) in [5, 5.41) is 5.04. The van der Waals surface area contributed by atoms with Gasteiger partial charge in [0.15, 0.2) is 0 Å². The van der Waals surface area contributed by atoms with Gasteiger partial charge in [-0.05, 0) is 124 Å². The molecule has 1 aliphatic rings. The molecular weight excluding hydrogens is 843 g/mol. The van der Waals surface area contributed by atoms with Gasteiger partial charge in [0.05, 0.1) is 11.1 Å². The zero-order chi connectivity index (χ0) is 46.4. The van der Waals surface area contributed by atoms with Crippen LogP contribution in [0.5, 0.6) is 0 Å². The highest BCUT2D eigenvalue weighted by Crippen LogP contribution is 2.57. The molecule has 0 bridgehead atoms. The van der Waals surface area contributed by atoms with Crippen LogP contribution < -0.4 is 4.90 Å². The van der Waals surface area contributed by atoms with Crippen LogP contribution >= 0.6 is 0 Å². The van der Waals surface area contributed by atoms with Crippen LogP contribution in [0.1, 0.15) is 22.3 Å². The van der Waals surface area contributed by atoms with Crippen LogP contribution in [0.15, 0.2) is 285 Å². The fraction of sp³-hybridized carbons (Fsp3) is 0.0145. The monoisotopic (exact) mass is 889 g/mol. The molecule has 0 aromatic heterocycles. The van der Waals surface area contributed by atoms with Gasteiger partial charge >= 0.3 is 0 Å². The Morgan fingerprint density at radius 1 is 0.243 bits per heavy atom. The van der Waals surface area contributed by atoms with E-state index in [4.69, 9.17) is 0 Å². The second kappa shape index (κ2) is 17.2. The topological polar surface area (TPSA) is 3.24 Å². The number of nitrogens with zero attached hydrogens (tertiary/aromatic N) is 1. The molecular formula is C69H47N. The summed E-state index contributed by atoms with van der Waals surface area (Å²) in [6, 6.07) is 105. The SMILES string of the molecule is c1ccc(-c2ccccc2-c2ccccc2-c2ccccc2N(c2ccc(-c3cccc4c3ccc3ccccc34)cc2)c2ccc3c(c2)C(c2ccccc2)(c2ccccc2)c2ccccc2-3)cc1. The first-order chi connectivity index (χ1) is 34.8. The highest BCUT2D eigenvalue weighted by Gasteiger charge is 2.46. The van der Waals surface area contributed by atoms with Gasteiger partial charge in [0.1, 0.15) is 0 Å². The third-order valence-corrected chi connectivity index (χ3v) is 14.6. The molecule has 0 saturated carbocycles. The molecule has 0 unspecified atom stereocenters. The Balaban J connectivity index is 1.04. The van der Waals surface area contributed by atoms with Crippen LogP contribution in [0.2, 0.25) is 0 Å². The standard InChI is InChI=1S/C69H47N/c1-4-21-48(22-5-1)55-29-12-13-30-58(55)60-31-14-15-32-61(60)65-34-17-19-38-68(65)70(53-42-39-50(40-43-53)57-35-20-36-59-56-28-11-10-23-49(56)41-45-62(57)59)54-44-46-64-63-33-16-18-37-66(63)69(67(64)47-54,51-24-6-2-7-25-51)52-26-8-3-9-27-52/h1-47H. The summed E-state index contributed by atoms with van der Waals surface area (Å²) in [6.07, 6.45) is 0. The molecule has 1 heteroatoms. The lowest BCUT2D eigenvalue weighted by Gasteiger charge is -2.35. The van der Waals surface area contributed by atoms with E-state index in [0.29, 0.717) is 0 Å². The van der Waals surface area contributed by atoms with Crippen molar-refractivity contribution < 1.29 is 0 Å². The minimum absolute atomic E-state index is 0.550. The second-order valence-electron chi connectivity index (χ2n) is 18.3.